The highest BCUT2D eigenvalue weighted by Gasteiger charge is 2.28. The minimum absolute atomic E-state index is 0.0420. The van der Waals surface area contributed by atoms with E-state index < -0.39 is 0 Å². The van der Waals surface area contributed by atoms with E-state index in [0.717, 1.165) is 45.9 Å². The second kappa shape index (κ2) is 6.82. The minimum Gasteiger partial charge on any atom is -0.394 e. The van der Waals surface area contributed by atoms with E-state index in [-0.39, 0.29) is 18.8 Å². The predicted octanol–water partition coefficient (Wildman–Crippen LogP) is -0.211. The van der Waals surface area contributed by atoms with Crippen LogP contribution in [0.4, 0.5) is 0 Å². The highest BCUT2D eigenvalue weighted by molar-refractivity contribution is 4.80. The Hall–Kier alpha value is -0.200. The number of rotatable bonds is 4. The molecule has 2 saturated heterocycles. The van der Waals surface area contributed by atoms with Gasteiger partial charge in [0.05, 0.1) is 31.5 Å². The summed E-state index contributed by atoms with van der Waals surface area (Å²) in [4.78, 5) is 4.79. The van der Waals surface area contributed by atoms with Crippen molar-refractivity contribution in [2.75, 3.05) is 52.5 Å². The monoisotopic (exact) mass is 258 g/mol. The molecule has 106 valence electrons. The molecule has 2 fully saturated rings. The number of aliphatic hydroxyl groups is 1. The van der Waals surface area contributed by atoms with Crippen molar-refractivity contribution in [3.8, 4) is 0 Å². The molecule has 0 saturated carbocycles. The van der Waals surface area contributed by atoms with E-state index in [1.54, 1.807) is 0 Å². The van der Waals surface area contributed by atoms with E-state index in [1.807, 2.05) is 0 Å². The number of hydrogen-bond donors (Lipinski definition) is 1. The maximum atomic E-state index is 9.22. The Morgan fingerprint density at radius 3 is 2.67 bits per heavy atom. The molecule has 3 unspecified atom stereocenters. The summed E-state index contributed by atoms with van der Waals surface area (Å²) in [6.45, 7) is 11.1. The Bertz CT molecular complexity index is 252. The summed E-state index contributed by atoms with van der Waals surface area (Å²) in [5.74, 6) is 0. The van der Waals surface area contributed by atoms with Crippen LogP contribution < -0.4 is 0 Å². The summed E-state index contributed by atoms with van der Waals surface area (Å²) in [5.41, 5.74) is 0. The van der Waals surface area contributed by atoms with Crippen molar-refractivity contribution in [2.24, 2.45) is 0 Å². The molecule has 0 aliphatic carbocycles. The predicted molar refractivity (Wildman–Crippen MR) is 69.7 cm³/mol. The Morgan fingerprint density at radius 1 is 1.17 bits per heavy atom. The lowest BCUT2D eigenvalue weighted by Crippen LogP contribution is -2.53. The van der Waals surface area contributed by atoms with Crippen molar-refractivity contribution in [1.82, 2.24) is 9.80 Å². The zero-order chi connectivity index (χ0) is 13.0. The first kappa shape index (κ1) is 14.2. The average Bonchev–Trinajstić information content (AvgIpc) is 2.38. The normalized spacial score (nSPS) is 35.8. The molecule has 18 heavy (non-hydrogen) atoms. The van der Waals surface area contributed by atoms with Crippen LogP contribution in [0.5, 0.6) is 0 Å². The number of hydrogen-bond acceptors (Lipinski definition) is 5. The fraction of sp³-hybridized carbons (Fsp3) is 1.00. The van der Waals surface area contributed by atoms with Gasteiger partial charge in [-0.25, -0.2) is 0 Å². The van der Waals surface area contributed by atoms with E-state index in [2.05, 4.69) is 23.6 Å². The molecule has 1 N–H and O–H groups in total. The highest BCUT2D eigenvalue weighted by Crippen LogP contribution is 2.13. The zero-order valence-corrected chi connectivity index (χ0v) is 11.5. The van der Waals surface area contributed by atoms with Crippen molar-refractivity contribution in [1.29, 1.82) is 0 Å². The largest absolute Gasteiger partial charge is 0.394 e. The van der Waals surface area contributed by atoms with Gasteiger partial charge in [-0.2, -0.15) is 0 Å². The quantitative estimate of drug-likeness (QED) is 0.756. The molecule has 0 aromatic rings. The van der Waals surface area contributed by atoms with Crippen molar-refractivity contribution < 1.29 is 14.6 Å². The van der Waals surface area contributed by atoms with Crippen molar-refractivity contribution >= 4 is 0 Å². The smallest absolute Gasteiger partial charge is 0.0936 e. The fourth-order valence-corrected chi connectivity index (χ4v) is 2.86. The van der Waals surface area contributed by atoms with Crippen molar-refractivity contribution in [3.05, 3.63) is 0 Å². The van der Waals surface area contributed by atoms with E-state index in [9.17, 15) is 5.11 Å². The molecule has 2 aliphatic heterocycles. The van der Waals surface area contributed by atoms with Crippen LogP contribution in [-0.2, 0) is 9.47 Å². The van der Waals surface area contributed by atoms with Crippen LogP contribution >= 0.6 is 0 Å². The Balaban J connectivity index is 1.80. The zero-order valence-electron chi connectivity index (χ0n) is 11.5. The second-order valence-corrected chi connectivity index (χ2v) is 5.36. The molecule has 0 amide bonds. The summed E-state index contributed by atoms with van der Waals surface area (Å²) in [5, 5.41) is 9.22. The third kappa shape index (κ3) is 3.90. The van der Waals surface area contributed by atoms with E-state index in [1.165, 1.54) is 0 Å². The summed E-state index contributed by atoms with van der Waals surface area (Å²) >= 11 is 0. The molecule has 0 bridgehead atoms. The van der Waals surface area contributed by atoms with Crippen LogP contribution in [0.1, 0.15) is 13.8 Å². The van der Waals surface area contributed by atoms with Gasteiger partial charge in [0.2, 0.25) is 0 Å². The average molecular weight is 258 g/mol. The number of nitrogens with zero attached hydrogens (tertiary/aromatic N) is 2. The maximum absolute atomic E-state index is 9.22. The molecule has 2 aliphatic rings. The number of morpholine rings is 2. The Labute approximate surface area is 110 Å². The first-order valence-corrected chi connectivity index (χ1v) is 7.04. The molecule has 0 aromatic heterocycles. The van der Waals surface area contributed by atoms with Crippen LogP contribution in [0.2, 0.25) is 0 Å². The van der Waals surface area contributed by atoms with Crippen LogP contribution in [0, 0.1) is 0 Å². The molecule has 3 atom stereocenters. The number of aliphatic hydroxyl groups excluding tert-OH is 1. The van der Waals surface area contributed by atoms with Crippen LogP contribution in [0.15, 0.2) is 0 Å². The number of likely N-dealkylation sites (N-methyl/N-ethyl adjacent to an activating group) is 1. The van der Waals surface area contributed by atoms with Crippen LogP contribution in [0.25, 0.3) is 0 Å². The second-order valence-electron chi connectivity index (χ2n) is 5.36. The Kier molecular flexibility index (Phi) is 5.38. The SMILES string of the molecule is CCN1CCOC(CN2CC(C)OC(CO)C2)C1. The van der Waals surface area contributed by atoms with Crippen LogP contribution in [-0.4, -0.2) is 85.7 Å². The van der Waals surface area contributed by atoms with Crippen molar-refractivity contribution in [2.45, 2.75) is 32.2 Å². The van der Waals surface area contributed by atoms with Gasteiger partial charge in [-0.05, 0) is 13.5 Å². The van der Waals surface area contributed by atoms with Crippen LogP contribution in [0.3, 0.4) is 0 Å². The van der Waals surface area contributed by atoms with E-state index >= 15 is 0 Å². The third-order valence-electron chi connectivity index (χ3n) is 3.74. The molecule has 2 rings (SSSR count). The first-order valence-electron chi connectivity index (χ1n) is 7.04. The van der Waals surface area contributed by atoms with E-state index in [4.69, 9.17) is 9.47 Å². The summed E-state index contributed by atoms with van der Waals surface area (Å²) in [6, 6.07) is 0. The lowest BCUT2D eigenvalue weighted by molar-refractivity contribution is -0.113. The summed E-state index contributed by atoms with van der Waals surface area (Å²) in [7, 11) is 0. The van der Waals surface area contributed by atoms with Gasteiger partial charge in [-0.15, -0.1) is 0 Å². The van der Waals surface area contributed by atoms with Gasteiger partial charge in [-0.1, -0.05) is 6.92 Å². The standard InChI is InChI=1S/C13H26N2O3/c1-3-14-4-5-17-12(7-14)8-15-6-11(2)18-13(9-15)10-16/h11-13,16H,3-10H2,1-2H3. The maximum Gasteiger partial charge on any atom is 0.0936 e. The Morgan fingerprint density at radius 2 is 1.94 bits per heavy atom. The van der Waals surface area contributed by atoms with Gasteiger partial charge in [-0.3, -0.25) is 9.80 Å². The third-order valence-corrected chi connectivity index (χ3v) is 3.74. The van der Waals surface area contributed by atoms with Gasteiger partial charge >= 0.3 is 0 Å². The molecule has 2 heterocycles. The molecular weight excluding hydrogens is 232 g/mol. The van der Waals surface area contributed by atoms with E-state index in [0.29, 0.717) is 6.10 Å². The molecule has 0 aromatic carbocycles. The summed E-state index contributed by atoms with van der Waals surface area (Å²) in [6.07, 6.45) is 0.449. The fourth-order valence-electron chi connectivity index (χ4n) is 2.86. The molecule has 0 spiro atoms. The molecule has 5 nitrogen and oxygen atoms in total. The molecular formula is C13H26N2O3. The van der Waals surface area contributed by atoms with Gasteiger partial charge < -0.3 is 14.6 Å². The lowest BCUT2D eigenvalue weighted by Gasteiger charge is -2.40. The summed E-state index contributed by atoms with van der Waals surface area (Å²) < 4.78 is 11.5. The van der Waals surface area contributed by atoms with Gasteiger partial charge in [0.25, 0.3) is 0 Å². The highest BCUT2D eigenvalue weighted by atomic mass is 16.5. The van der Waals surface area contributed by atoms with Gasteiger partial charge in [0.15, 0.2) is 0 Å². The molecule has 5 heteroatoms. The van der Waals surface area contributed by atoms with Gasteiger partial charge in [0.1, 0.15) is 0 Å². The first-order chi connectivity index (χ1) is 8.71. The number of ether oxygens (including phenoxy) is 2. The minimum atomic E-state index is -0.0420. The molecule has 0 radical (unpaired) electrons. The van der Waals surface area contributed by atoms with Gasteiger partial charge in [0, 0.05) is 32.7 Å². The lowest BCUT2D eigenvalue weighted by atomic mass is 10.2. The topological polar surface area (TPSA) is 45.2 Å². The van der Waals surface area contributed by atoms with Crippen molar-refractivity contribution in [3.63, 3.8) is 0 Å².